The Morgan fingerprint density at radius 1 is 1.10 bits per heavy atom. The summed E-state index contributed by atoms with van der Waals surface area (Å²) < 4.78 is 26.7. The van der Waals surface area contributed by atoms with Crippen LogP contribution in [0, 0.1) is 26.6 Å². The third-order valence-electron chi connectivity index (χ3n) is 7.31. The van der Waals surface area contributed by atoms with E-state index in [9.17, 15) is 14.7 Å². The second-order valence-corrected chi connectivity index (χ2v) is 11.5. The Morgan fingerprint density at radius 3 is 2.38 bits per heavy atom. The summed E-state index contributed by atoms with van der Waals surface area (Å²) in [6, 6.07) is 7.93. The van der Waals surface area contributed by atoms with Crippen LogP contribution < -0.4 is 0 Å². The lowest BCUT2D eigenvalue weighted by Crippen LogP contribution is -2.38. The highest BCUT2D eigenvalue weighted by Crippen LogP contribution is 2.49. The Balaban J connectivity index is 1.91. The molecule has 1 aliphatic carbocycles. The largest absolute Gasteiger partial charge is 0.508 e. The number of aryl methyl sites for hydroxylation is 3. The minimum atomic E-state index is -1.01. The molecule has 4 rings (SSSR count). The molecule has 6 nitrogen and oxygen atoms in total. The molecular weight excluding hydrogens is 497 g/mol. The number of carbonyl (C=O) groups is 2. The van der Waals surface area contributed by atoms with Gasteiger partial charge in [0.15, 0.2) is 5.78 Å². The van der Waals surface area contributed by atoms with Gasteiger partial charge in [-0.2, -0.15) is 0 Å². The van der Waals surface area contributed by atoms with Crippen molar-refractivity contribution in [3.63, 3.8) is 0 Å². The van der Waals surface area contributed by atoms with Crippen LogP contribution >= 0.6 is 0 Å². The second kappa shape index (κ2) is 11.0. The third kappa shape index (κ3) is 5.93. The molecule has 208 valence electrons. The molecule has 7 heteroatoms. The zero-order chi connectivity index (χ0) is 28.6. The number of nitrogens with zero attached hydrogens (tertiary/aromatic N) is 1. The number of carbonyl (C=O) groups excluding carboxylic acids is 2. The number of phenolic OH excluding ortho intramolecular Hbond substituents is 1. The minimum absolute atomic E-state index is 0.0627. The van der Waals surface area contributed by atoms with Crippen LogP contribution in [0.1, 0.15) is 80.2 Å². The summed E-state index contributed by atoms with van der Waals surface area (Å²) in [7, 11) is 0. The van der Waals surface area contributed by atoms with E-state index in [1.807, 2.05) is 20.8 Å². The lowest BCUT2D eigenvalue weighted by Gasteiger charge is -2.41. The maximum Gasteiger partial charge on any atom is 0.336 e. The first-order valence-electron chi connectivity index (χ1n) is 13.4. The molecule has 0 saturated heterocycles. The molecule has 1 aliphatic heterocycles. The van der Waals surface area contributed by atoms with Crippen molar-refractivity contribution in [1.29, 1.82) is 0 Å². The number of benzene rings is 2. The van der Waals surface area contributed by atoms with Crippen molar-refractivity contribution in [1.82, 2.24) is 4.90 Å². The van der Waals surface area contributed by atoms with Gasteiger partial charge in [0.2, 0.25) is 0 Å². The Kier molecular flexibility index (Phi) is 8.03. The molecule has 0 amide bonds. The zero-order valence-corrected chi connectivity index (χ0v) is 23.9. The maximum atomic E-state index is 15.3. The zero-order valence-electron chi connectivity index (χ0n) is 23.9. The highest BCUT2D eigenvalue weighted by molar-refractivity contribution is 6.04. The van der Waals surface area contributed by atoms with Crippen LogP contribution in [-0.2, 0) is 19.1 Å². The highest BCUT2D eigenvalue weighted by atomic mass is 19.1. The fourth-order valence-corrected chi connectivity index (χ4v) is 5.86. The molecule has 0 radical (unpaired) electrons. The molecule has 1 N–H and O–H groups in total. The van der Waals surface area contributed by atoms with Crippen LogP contribution in [0.15, 0.2) is 53.4 Å². The Morgan fingerprint density at radius 2 is 1.77 bits per heavy atom. The third-order valence-corrected chi connectivity index (χ3v) is 7.31. The van der Waals surface area contributed by atoms with E-state index in [2.05, 4.69) is 32.9 Å². The minimum Gasteiger partial charge on any atom is -0.508 e. The molecule has 2 aliphatic rings. The van der Waals surface area contributed by atoms with E-state index in [4.69, 9.17) is 9.47 Å². The van der Waals surface area contributed by atoms with Crippen LogP contribution in [-0.4, -0.2) is 40.7 Å². The Labute approximate surface area is 230 Å². The SMILES string of the molecule is CCOC(=O)C1=CN(COC(C)(C)C)C2=C(C(=O)CC(c3c(C)cc(C)cc3C)C2)C1c1cc(O)ccc1F. The number of aromatic hydroxyl groups is 1. The Bertz CT molecular complexity index is 1340. The van der Waals surface area contributed by atoms with Gasteiger partial charge in [-0.15, -0.1) is 0 Å². The van der Waals surface area contributed by atoms with Crippen LogP contribution in [0.2, 0.25) is 0 Å². The normalized spacial score (nSPS) is 19.6. The van der Waals surface area contributed by atoms with Gasteiger partial charge in [0.05, 0.1) is 23.7 Å². The van der Waals surface area contributed by atoms with Gasteiger partial charge in [-0.1, -0.05) is 17.7 Å². The molecule has 0 fully saturated rings. The molecule has 0 saturated carbocycles. The van der Waals surface area contributed by atoms with E-state index in [1.165, 1.54) is 12.1 Å². The van der Waals surface area contributed by atoms with Crippen molar-refractivity contribution in [3.05, 3.63) is 87.0 Å². The van der Waals surface area contributed by atoms with E-state index in [-0.39, 0.29) is 48.3 Å². The van der Waals surface area contributed by atoms with Crippen molar-refractivity contribution in [3.8, 4) is 5.75 Å². The second-order valence-electron chi connectivity index (χ2n) is 11.5. The molecule has 2 aromatic carbocycles. The van der Waals surface area contributed by atoms with Gasteiger partial charge >= 0.3 is 5.97 Å². The van der Waals surface area contributed by atoms with Gasteiger partial charge in [0.25, 0.3) is 0 Å². The summed E-state index contributed by atoms with van der Waals surface area (Å²) >= 11 is 0. The molecule has 2 atom stereocenters. The molecular formula is C32H38FNO5. The van der Waals surface area contributed by atoms with E-state index < -0.39 is 23.3 Å². The molecule has 2 aromatic rings. The molecule has 39 heavy (non-hydrogen) atoms. The monoisotopic (exact) mass is 535 g/mol. The lowest BCUT2D eigenvalue weighted by atomic mass is 9.71. The summed E-state index contributed by atoms with van der Waals surface area (Å²) in [6.07, 6.45) is 2.37. The summed E-state index contributed by atoms with van der Waals surface area (Å²) in [5, 5.41) is 10.2. The van der Waals surface area contributed by atoms with Gasteiger partial charge < -0.3 is 19.5 Å². The number of hydrogen-bond acceptors (Lipinski definition) is 6. The molecule has 2 unspecified atom stereocenters. The van der Waals surface area contributed by atoms with Gasteiger partial charge in [0.1, 0.15) is 18.3 Å². The first-order valence-corrected chi connectivity index (χ1v) is 13.4. The van der Waals surface area contributed by atoms with E-state index in [1.54, 1.807) is 18.0 Å². The average molecular weight is 536 g/mol. The van der Waals surface area contributed by atoms with E-state index >= 15 is 4.39 Å². The van der Waals surface area contributed by atoms with Crippen molar-refractivity contribution in [2.24, 2.45) is 0 Å². The number of halogens is 1. The van der Waals surface area contributed by atoms with Crippen molar-refractivity contribution < 1.29 is 28.6 Å². The molecule has 1 heterocycles. The number of ether oxygens (including phenoxy) is 2. The fourth-order valence-electron chi connectivity index (χ4n) is 5.86. The number of allylic oxidation sites excluding steroid dienone is 2. The predicted molar refractivity (Wildman–Crippen MR) is 148 cm³/mol. The van der Waals surface area contributed by atoms with Crippen molar-refractivity contribution in [2.45, 2.75) is 78.7 Å². The standard InChI is InChI=1S/C32H38FNO5/c1-8-38-31(37)24-16-34(17-39-32(5,6)7)26-13-21(28-19(3)11-18(2)12-20(28)4)14-27(36)30(26)29(24)23-15-22(35)9-10-25(23)33/h9-12,15-16,21,29,35H,8,13-14,17H2,1-7H3. The van der Waals surface area contributed by atoms with Crippen LogP contribution in [0.3, 0.4) is 0 Å². The summed E-state index contributed by atoms with van der Waals surface area (Å²) in [6.45, 7) is 13.9. The van der Waals surface area contributed by atoms with Crippen LogP contribution in [0.5, 0.6) is 5.75 Å². The summed E-state index contributed by atoms with van der Waals surface area (Å²) in [4.78, 5) is 29.1. The van der Waals surface area contributed by atoms with Gasteiger partial charge in [-0.05, 0) is 95.7 Å². The van der Waals surface area contributed by atoms with Gasteiger partial charge in [0, 0.05) is 29.5 Å². The average Bonchev–Trinajstić information content (AvgIpc) is 2.83. The smallest absolute Gasteiger partial charge is 0.336 e. The number of hydrogen-bond donors (Lipinski definition) is 1. The van der Waals surface area contributed by atoms with E-state index in [0.717, 1.165) is 28.3 Å². The first-order chi connectivity index (χ1) is 18.3. The van der Waals surface area contributed by atoms with Gasteiger partial charge in [-0.25, -0.2) is 9.18 Å². The van der Waals surface area contributed by atoms with Crippen LogP contribution in [0.25, 0.3) is 0 Å². The predicted octanol–water partition coefficient (Wildman–Crippen LogP) is 6.48. The molecule has 0 spiro atoms. The highest BCUT2D eigenvalue weighted by Gasteiger charge is 2.43. The molecule has 0 bridgehead atoms. The summed E-state index contributed by atoms with van der Waals surface area (Å²) in [5.74, 6) is -2.66. The number of phenols is 1. The lowest BCUT2D eigenvalue weighted by molar-refractivity contribution is -0.139. The Hall–Kier alpha value is -3.45. The van der Waals surface area contributed by atoms with E-state index in [0.29, 0.717) is 17.7 Å². The van der Waals surface area contributed by atoms with Crippen molar-refractivity contribution in [2.75, 3.05) is 13.3 Å². The first kappa shape index (κ1) is 28.6. The summed E-state index contributed by atoms with van der Waals surface area (Å²) in [5.41, 5.74) is 5.31. The quantitative estimate of drug-likeness (QED) is 0.427. The number of esters is 1. The number of Topliss-reactive ketones (excluding diaryl/α,β-unsaturated/α-hetero) is 1. The van der Waals surface area contributed by atoms with Crippen LogP contribution in [0.4, 0.5) is 4.39 Å². The number of rotatable bonds is 6. The fraction of sp³-hybridized carbons (Fsp3) is 0.438. The van der Waals surface area contributed by atoms with Crippen molar-refractivity contribution >= 4 is 11.8 Å². The topological polar surface area (TPSA) is 76.1 Å². The van der Waals surface area contributed by atoms with Gasteiger partial charge in [-0.3, -0.25) is 4.79 Å². The number of ketones is 1. The molecule has 0 aromatic heterocycles. The maximum absolute atomic E-state index is 15.3.